The van der Waals surface area contributed by atoms with E-state index in [-0.39, 0.29) is 40.8 Å². The molecule has 1 aliphatic rings. The third kappa shape index (κ3) is 1.55. The molecule has 0 amide bonds. The van der Waals surface area contributed by atoms with Crippen molar-refractivity contribution in [1.82, 2.24) is 0 Å². The van der Waals surface area contributed by atoms with Crippen LogP contribution in [0.4, 0.5) is 5.69 Å². The summed E-state index contributed by atoms with van der Waals surface area (Å²) in [5.74, 6) is -0.174. The lowest BCUT2D eigenvalue weighted by Crippen LogP contribution is -2.17. The molecule has 0 unspecified atom stereocenters. The summed E-state index contributed by atoms with van der Waals surface area (Å²) >= 11 is 5.78. The van der Waals surface area contributed by atoms with E-state index < -0.39 is 4.92 Å². The lowest BCUT2D eigenvalue weighted by molar-refractivity contribution is -0.385. The summed E-state index contributed by atoms with van der Waals surface area (Å²) < 4.78 is 5.16. The Morgan fingerprint density at radius 1 is 1.47 bits per heavy atom. The number of rotatable bonds is 1. The van der Waals surface area contributed by atoms with Crippen molar-refractivity contribution >= 4 is 23.1 Å². The van der Waals surface area contributed by atoms with Crippen molar-refractivity contribution in [3.8, 4) is 5.75 Å². The maximum absolute atomic E-state index is 11.5. The number of hydrogen-bond acceptors (Lipinski definition) is 4. The molecule has 0 aliphatic carbocycles. The predicted octanol–water partition coefficient (Wildman–Crippen LogP) is 2.21. The first-order chi connectivity index (χ1) is 7.11. The Morgan fingerprint density at radius 3 is 2.87 bits per heavy atom. The third-order valence-electron chi connectivity index (χ3n) is 2.14. The number of halogens is 1. The van der Waals surface area contributed by atoms with E-state index in [1.807, 2.05) is 0 Å². The Balaban J connectivity index is 2.70. The van der Waals surface area contributed by atoms with Crippen LogP contribution in [0.1, 0.15) is 16.8 Å². The Hall–Kier alpha value is -1.62. The monoisotopic (exact) mass is 227 g/mol. The number of Topliss-reactive ketones (excluding diaryl/α,β-unsaturated/α-hetero) is 1. The van der Waals surface area contributed by atoms with E-state index in [1.165, 1.54) is 12.1 Å². The summed E-state index contributed by atoms with van der Waals surface area (Å²) in [4.78, 5) is 21.6. The second-order valence-corrected chi connectivity index (χ2v) is 3.46. The molecule has 0 spiro atoms. The van der Waals surface area contributed by atoms with Crippen LogP contribution in [0.3, 0.4) is 0 Å². The molecule has 0 N–H and O–H groups in total. The summed E-state index contributed by atoms with van der Waals surface area (Å²) in [5, 5.41) is 10.9. The van der Waals surface area contributed by atoms with Crippen LogP contribution >= 0.6 is 11.6 Å². The van der Waals surface area contributed by atoms with Crippen LogP contribution in [0.15, 0.2) is 12.1 Å². The summed E-state index contributed by atoms with van der Waals surface area (Å²) in [6, 6.07) is 2.57. The second kappa shape index (κ2) is 3.51. The number of ether oxygens (including phenoxy) is 1. The highest BCUT2D eigenvalue weighted by molar-refractivity contribution is 6.33. The summed E-state index contributed by atoms with van der Waals surface area (Å²) in [6.07, 6.45) is 0.147. The van der Waals surface area contributed by atoms with Crippen LogP contribution < -0.4 is 4.74 Å². The Bertz CT molecular complexity index is 458. The van der Waals surface area contributed by atoms with Gasteiger partial charge in [0, 0.05) is 12.5 Å². The average Bonchev–Trinajstić information content (AvgIpc) is 2.19. The van der Waals surface area contributed by atoms with Crippen LogP contribution in [-0.2, 0) is 0 Å². The van der Waals surface area contributed by atoms with E-state index in [0.717, 1.165) is 0 Å². The van der Waals surface area contributed by atoms with Crippen molar-refractivity contribution in [2.75, 3.05) is 6.61 Å². The highest BCUT2D eigenvalue weighted by Gasteiger charge is 2.30. The van der Waals surface area contributed by atoms with Crippen molar-refractivity contribution in [1.29, 1.82) is 0 Å². The van der Waals surface area contributed by atoms with Crippen molar-refractivity contribution in [3.05, 3.63) is 32.8 Å². The van der Waals surface area contributed by atoms with E-state index in [4.69, 9.17) is 16.3 Å². The maximum atomic E-state index is 11.5. The lowest BCUT2D eigenvalue weighted by atomic mass is 10.0. The smallest absolute Gasteiger partial charge is 0.284 e. The van der Waals surface area contributed by atoms with Gasteiger partial charge in [-0.05, 0) is 6.07 Å². The lowest BCUT2D eigenvalue weighted by Gasteiger charge is -2.16. The Kier molecular flexibility index (Phi) is 2.32. The van der Waals surface area contributed by atoms with Gasteiger partial charge in [0.05, 0.1) is 16.6 Å². The zero-order valence-electron chi connectivity index (χ0n) is 7.53. The van der Waals surface area contributed by atoms with Crippen LogP contribution in [0.2, 0.25) is 5.02 Å². The molecule has 0 fully saturated rings. The van der Waals surface area contributed by atoms with Gasteiger partial charge in [0.1, 0.15) is 5.56 Å². The molecule has 0 saturated heterocycles. The van der Waals surface area contributed by atoms with E-state index in [2.05, 4.69) is 0 Å². The van der Waals surface area contributed by atoms with Crippen molar-refractivity contribution < 1.29 is 14.5 Å². The number of nitro groups is 1. The van der Waals surface area contributed by atoms with Crippen molar-refractivity contribution in [2.45, 2.75) is 6.42 Å². The van der Waals surface area contributed by atoms with Gasteiger partial charge in [-0.15, -0.1) is 0 Å². The van der Waals surface area contributed by atoms with Gasteiger partial charge in [-0.1, -0.05) is 11.6 Å². The first-order valence-electron chi connectivity index (χ1n) is 4.24. The SMILES string of the molecule is O=C1CCOc2c(Cl)ccc([N+](=O)[O-])c21. The minimum absolute atomic E-state index is 0.0150. The van der Waals surface area contributed by atoms with Gasteiger partial charge in [-0.3, -0.25) is 14.9 Å². The predicted molar refractivity (Wildman–Crippen MR) is 52.5 cm³/mol. The maximum Gasteiger partial charge on any atom is 0.284 e. The highest BCUT2D eigenvalue weighted by atomic mass is 35.5. The number of ketones is 1. The fourth-order valence-corrected chi connectivity index (χ4v) is 1.69. The number of nitrogens with zero attached hydrogens (tertiary/aromatic N) is 1. The average molecular weight is 228 g/mol. The molecule has 0 bridgehead atoms. The summed E-state index contributed by atoms with van der Waals surface area (Å²) in [5.41, 5.74) is -0.266. The molecule has 1 aliphatic heterocycles. The number of fused-ring (bicyclic) bond motifs is 1. The van der Waals surface area contributed by atoms with Crippen LogP contribution in [0, 0.1) is 10.1 Å². The topological polar surface area (TPSA) is 69.4 Å². The molecule has 0 atom stereocenters. The standard InChI is InChI=1S/C9H6ClNO4/c10-5-1-2-6(11(13)14)8-7(12)3-4-15-9(5)8/h1-2H,3-4H2. The quantitative estimate of drug-likeness (QED) is 0.545. The number of hydrogen-bond donors (Lipinski definition) is 0. The summed E-state index contributed by atoms with van der Waals surface area (Å²) in [6.45, 7) is 0.215. The van der Waals surface area contributed by atoms with Crippen LogP contribution in [0.5, 0.6) is 5.75 Å². The summed E-state index contributed by atoms with van der Waals surface area (Å²) in [7, 11) is 0. The van der Waals surface area contributed by atoms with Gasteiger partial charge >= 0.3 is 0 Å². The van der Waals surface area contributed by atoms with Crippen molar-refractivity contribution in [2.24, 2.45) is 0 Å². The van der Waals surface area contributed by atoms with E-state index >= 15 is 0 Å². The molecule has 0 saturated carbocycles. The molecule has 6 heteroatoms. The molecule has 2 rings (SSSR count). The minimum Gasteiger partial charge on any atom is -0.491 e. The second-order valence-electron chi connectivity index (χ2n) is 3.05. The zero-order valence-corrected chi connectivity index (χ0v) is 8.28. The fraction of sp³-hybridized carbons (Fsp3) is 0.222. The first kappa shape index (κ1) is 9.92. The van der Waals surface area contributed by atoms with E-state index in [9.17, 15) is 14.9 Å². The van der Waals surface area contributed by atoms with Crippen LogP contribution in [0.25, 0.3) is 0 Å². The molecule has 78 valence electrons. The number of carbonyl (C=O) groups excluding carboxylic acids is 1. The van der Waals surface area contributed by atoms with E-state index in [0.29, 0.717) is 0 Å². The largest absolute Gasteiger partial charge is 0.491 e. The molecule has 1 aromatic rings. The normalized spacial score (nSPS) is 14.3. The molecule has 5 nitrogen and oxygen atoms in total. The number of nitro benzene ring substituents is 1. The molecule has 15 heavy (non-hydrogen) atoms. The van der Waals surface area contributed by atoms with Gasteiger partial charge < -0.3 is 4.74 Å². The highest BCUT2D eigenvalue weighted by Crippen LogP contribution is 2.38. The number of carbonyl (C=O) groups is 1. The van der Waals surface area contributed by atoms with Gasteiger partial charge in [0.15, 0.2) is 11.5 Å². The Morgan fingerprint density at radius 2 is 2.20 bits per heavy atom. The minimum atomic E-state index is -0.609. The zero-order chi connectivity index (χ0) is 11.0. The van der Waals surface area contributed by atoms with Gasteiger partial charge in [-0.2, -0.15) is 0 Å². The van der Waals surface area contributed by atoms with Crippen LogP contribution in [-0.4, -0.2) is 17.3 Å². The first-order valence-corrected chi connectivity index (χ1v) is 4.62. The molecular weight excluding hydrogens is 222 g/mol. The Labute approximate surface area is 89.8 Å². The fourth-order valence-electron chi connectivity index (χ4n) is 1.48. The third-order valence-corrected chi connectivity index (χ3v) is 2.44. The molecule has 1 heterocycles. The van der Waals surface area contributed by atoms with E-state index in [1.54, 1.807) is 0 Å². The molecular formula is C9H6ClNO4. The van der Waals surface area contributed by atoms with Gasteiger partial charge in [0.25, 0.3) is 5.69 Å². The molecule has 0 radical (unpaired) electrons. The van der Waals surface area contributed by atoms with Gasteiger partial charge in [0.2, 0.25) is 0 Å². The van der Waals surface area contributed by atoms with Gasteiger partial charge in [-0.25, -0.2) is 0 Å². The number of benzene rings is 1. The van der Waals surface area contributed by atoms with Crippen molar-refractivity contribution in [3.63, 3.8) is 0 Å². The molecule has 0 aromatic heterocycles. The molecule has 1 aromatic carbocycles.